The number of carbonyl (C=O) groups is 1. The minimum atomic E-state index is -4.85. The second-order valence-corrected chi connectivity index (χ2v) is 5.03. The summed E-state index contributed by atoms with van der Waals surface area (Å²) in [6, 6.07) is 4.97. The van der Waals surface area contributed by atoms with E-state index < -0.39 is 12.1 Å². The lowest BCUT2D eigenvalue weighted by molar-refractivity contribution is -0.170. The van der Waals surface area contributed by atoms with Crippen LogP contribution in [0, 0.1) is 6.92 Å². The molecule has 0 radical (unpaired) electrons. The number of anilines is 2. The first-order valence-corrected chi connectivity index (χ1v) is 6.51. The van der Waals surface area contributed by atoms with Crippen LogP contribution in [0.15, 0.2) is 18.2 Å². The summed E-state index contributed by atoms with van der Waals surface area (Å²) >= 11 is 0. The predicted molar refractivity (Wildman–Crippen MR) is 72.1 cm³/mol. The van der Waals surface area contributed by atoms with E-state index in [4.69, 9.17) is 0 Å². The van der Waals surface area contributed by atoms with E-state index >= 15 is 0 Å². The normalized spacial score (nSPS) is 15.6. The summed E-state index contributed by atoms with van der Waals surface area (Å²) in [6.45, 7) is 3.79. The molecular weight excluding hydrogens is 269 g/mol. The van der Waals surface area contributed by atoms with Crippen molar-refractivity contribution >= 4 is 17.3 Å². The summed E-state index contributed by atoms with van der Waals surface area (Å²) < 4.78 is 37.2. The highest BCUT2D eigenvalue weighted by Crippen LogP contribution is 2.29. The molecule has 1 aromatic carbocycles. The molecule has 110 valence electrons. The van der Waals surface area contributed by atoms with Crippen molar-refractivity contribution in [1.29, 1.82) is 0 Å². The van der Waals surface area contributed by atoms with E-state index in [1.807, 2.05) is 6.92 Å². The molecule has 1 amide bonds. The summed E-state index contributed by atoms with van der Waals surface area (Å²) in [5, 5.41) is 0. The van der Waals surface area contributed by atoms with Crippen molar-refractivity contribution in [2.45, 2.75) is 25.9 Å². The molecular formula is C14H17F3N2O. The van der Waals surface area contributed by atoms with E-state index in [9.17, 15) is 18.0 Å². The van der Waals surface area contributed by atoms with Gasteiger partial charge >= 0.3 is 12.1 Å². The number of benzene rings is 1. The number of aryl methyl sites for hydroxylation is 1. The standard InChI is InChI=1S/C14H17F3N2O/c1-10-9-11(18(2)13(20)14(15,16)17)5-6-12(10)19-7-3-4-8-19/h5-6,9H,3-4,7-8H2,1-2H3. The molecule has 6 heteroatoms. The fourth-order valence-corrected chi connectivity index (χ4v) is 2.47. The number of alkyl halides is 3. The molecule has 2 rings (SSSR count). The maximum atomic E-state index is 12.4. The number of hydrogen-bond acceptors (Lipinski definition) is 2. The Labute approximate surface area is 116 Å². The molecule has 1 fully saturated rings. The fourth-order valence-electron chi connectivity index (χ4n) is 2.47. The molecule has 0 spiro atoms. The predicted octanol–water partition coefficient (Wildman–Crippen LogP) is 3.12. The zero-order valence-electron chi connectivity index (χ0n) is 11.5. The molecule has 1 saturated heterocycles. The van der Waals surface area contributed by atoms with Crippen molar-refractivity contribution < 1.29 is 18.0 Å². The van der Waals surface area contributed by atoms with E-state index in [1.165, 1.54) is 0 Å². The van der Waals surface area contributed by atoms with E-state index in [1.54, 1.807) is 18.2 Å². The van der Waals surface area contributed by atoms with Gasteiger partial charge in [-0.2, -0.15) is 13.2 Å². The van der Waals surface area contributed by atoms with Crippen LogP contribution >= 0.6 is 0 Å². The summed E-state index contributed by atoms with van der Waals surface area (Å²) in [6.07, 6.45) is -2.59. The second-order valence-electron chi connectivity index (χ2n) is 5.03. The largest absolute Gasteiger partial charge is 0.471 e. The molecule has 1 heterocycles. The Morgan fingerprint density at radius 3 is 2.35 bits per heavy atom. The molecule has 0 aromatic heterocycles. The highest BCUT2D eigenvalue weighted by atomic mass is 19.4. The third kappa shape index (κ3) is 2.89. The number of halogens is 3. The van der Waals surface area contributed by atoms with E-state index in [0.29, 0.717) is 4.90 Å². The van der Waals surface area contributed by atoms with Crippen molar-refractivity contribution in [3.8, 4) is 0 Å². The maximum Gasteiger partial charge on any atom is 0.471 e. The zero-order chi connectivity index (χ0) is 14.9. The van der Waals surface area contributed by atoms with Gasteiger partial charge in [-0.05, 0) is 43.5 Å². The third-order valence-electron chi connectivity index (χ3n) is 3.56. The van der Waals surface area contributed by atoms with Crippen LogP contribution in [-0.2, 0) is 4.79 Å². The van der Waals surface area contributed by atoms with Gasteiger partial charge in [-0.1, -0.05) is 0 Å². The van der Waals surface area contributed by atoms with Crippen molar-refractivity contribution in [1.82, 2.24) is 0 Å². The van der Waals surface area contributed by atoms with Gasteiger partial charge in [0.05, 0.1) is 0 Å². The number of nitrogens with zero attached hydrogens (tertiary/aromatic N) is 2. The second kappa shape index (κ2) is 5.34. The Morgan fingerprint density at radius 1 is 1.25 bits per heavy atom. The number of carbonyl (C=O) groups excluding carboxylic acids is 1. The monoisotopic (exact) mass is 286 g/mol. The van der Waals surface area contributed by atoms with Crippen LogP contribution in [0.2, 0.25) is 0 Å². The summed E-state index contributed by atoms with van der Waals surface area (Å²) in [4.78, 5) is 14.1. The highest BCUT2D eigenvalue weighted by molar-refractivity contribution is 5.97. The Bertz CT molecular complexity index is 508. The molecule has 0 aliphatic carbocycles. The third-order valence-corrected chi connectivity index (χ3v) is 3.56. The van der Waals surface area contributed by atoms with Crippen molar-refractivity contribution in [3.05, 3.63) is 23.8 Å². The molecule has 3 nitrogen and oxygen atoms in total. The van der Waals surface area contributed by atoms with E-state index in [0.717, 1.165) is 44.2 Å². The Kier molecular flexibility index (Phi) is 3.92. The van der Waals surface area contributed by atoms with Gasteiger partial charge in [-0.25, -0.2) is 0 Å². The Morgan fingerprint density at radius 2 is 1.85 bits per heavy atom. The van der Waals surface area contributed by atoms with Gasteiger partial charge in [0.25, 0.3) is 0 Å². The molecule has 0 N–H and O–H groups in total. The van der Waals surface area contributed by atoms with Crippen LogP contribution in [0.3, 0.4) is 0 Å². The smallest absolute Gasteiger partial charge is 0.371 e. The van der Waals surface area contributed by atoms with Crippen LogP contribution in [0.5, 0.6) is 0 Å². The van der Waals surface area contributed by atoms with Gasteiger partial charge in [0.1, 0.15) is 0 Å². The SMILES string of the molecule is Cc1cc(N(C)C(=O)C(F)(F)F)ccc1N1CCCC1. The number of rotatable bonds is 2. The molecule has 0 saturated carbocycles. The quantitative estimate of drug-likeness (QED) is 0.834. The zero-order valence-corrected chi connectivity index (χ0v) is 11.5. The number of amides is 1. The first-order chi connectivity index (χ1) is 9.30. The van der Waals surface area contributed by atoms with Crippen LogP contribution < -0.4 is 9.80 Å². The average Bonchev–Trinajstić information content (AvgIpc) is 2.89. The van der Waals surface area contributed by atoms with Gasteiger partial charge in [0.15, 0.2) is 0 Å². The Balaban J connectivity index is 2.22. The van der Waals surface area contributed by atoms with Gasteiger partial charge in [0.2, 0.25) is 0 Å². The van der Waals surface area contributed by atoms with Gasteiger partial charge in [-0.15, -0.1) is 0 Å². The van der Waals surface area contributed by atoms with Gasteiger partial charge in [0, 0.05) is 31.5 Å². The molecule has 0 bridgehead atoms. The fraction of sp³-hybridized carbons (Fsp3) is 0.500. The maximum absolute atomic E-state index is 12.4. The van der Waals surface area contributed by atoms with E-state index in [2.05, 4.69) is 4.90 Å². The van der Waals surface area contributed by atoms with Gasteiger partial charge in [-0.3, -0.25) is 4.79 Å². The lowest BCUT2D eigenvalue weighted by Gasteiger charge is -2.23. The molecule has 1 aliphatic heterocycles. The summed E-state index contributed by atoms with van der Waals surface area (Å²) in [7, 11) is 1.14. The van der Waals surface area contributed by atoms with Crippen molar-refractivity contribution in [2.75, 3.05) is 29.9 Å². The molecule has 0 unspecified atom stereocenters. The van der Waals surface area contributed by atoms with E-state index in [-0.39, 0.29) is 5.69 Å². The van der Waals surface area contributed by atoms with Crippen molar-refractivity contribution in [3.63, 3.8) is 0 Å². The Hall–Kier alpha value is -1.72. The topological polar surface area (TPSA) is 23.6 Å². The molecule has 20 heavy (non-hydrogen) atoms. The molecule has 1 aliphatic rings. The highest BCUT2D eigenvalue weighted by Gasteiger charge is 2.41. The van der Waals surface area contributed by atoms with Gasteiger partial charge < -0.3 is 9.80 Å². The van der Waals surface area contributed by atoms with Crippen LogP contribution in [0.25, 0.3) is 0 Å². The van der Waals surface area contributed by atoms with Crippen LogP contribution in [0.4, 0.5) is 24.5 Å². The lowest BCUT2D eigenvalue weighted by atomic mass is 10.1. The minimum absolute atomic E-state index is 0.257. The summed E-state index contributed by atoms with van der Waals surface area (Å²) in [5.41, 5.74) is 2.16. The first kappa shape index (κ1) is 14.7. The first-order valence-electron chi connectivity index (χ1n) is 6.51. The van der Waals surface area contributed by atoms with Crippen molar-refractivity contribution in [2.24, 2.45) is 0 Å². The summed E-state index contributed by atoms with van der Waals surface area (Å²) in [5.74, 6) is -1.86. The van der Waals surface area contributed by atoms with Crippen LogP contribution in [0.1, 0.15) is 18.4 Å². The molecule has 0 atom stereocenters. The average molecular weight is 286 g/mol. The number of hydrogen-bond donors (Lipinski definition) is 0. The minimum Gasteiger partial charge on any atom is -0.371 e. The lowest BCUT2D eigenvalue weighted by Crippen LogP contribution is -2.38. The van der Waals surface area contributed by atoms with Crippen LogP contribution in [-0.4, -0.2) is 32.2 Å². The molecule has 1 aromatic rings.